The minimum Gasteiger partial charge on any atom is -0.480 e. The normalized spacial score (nSPS) is 20.9. The molecule has 0 saturated carbocycles. The molecule has 0 radical (unpaired) electrons. The molecule has 27 heavy (non-hydrogen) atoms. The number of benzene rings is 1. The lowest BCUT2D eigenvalue weighted by Gasteiger charge is -2.29. The summed E-state index contributed by atoms with van der Waals surface area (Å²) in [6.45, 7) is 6.09. The molecule has 0 aliphatic carbocycles. The first-order valence-corrected chi connectivity index (χ1v) is 11.3. The third kappa shape index (κ3) is 4.29. The summed E-state index contributed by atoms with van der Waals surface area (Å²) in [6, 6.07) is 4.97. The SMILES string of the molecule is CCCCN(C)C(=O)C1Cc2cc(S(=O)(=O)N3CCC(C)CC3)ccc2O1. The highest BCUT2D eigenvalue weighted by atomic mass is 32.2. The standard InChI is InChI=1S/C20H30N2O4S/c1-4-5-10-21(3)20(23)19-14-16-13-17(6-7-18(16)26-19)27(24,25)22-11-8-15(2)9-12-22/h6-7,13,15,19H,4-5,8-12,14H2,1-3H3. The van der Waals surface area contributed by atoms with Gasteiger partial charge in [0.15, 0.2) is 6.10 Å². The summed E-state index contributed by atoms with van der Waals surface area (Å²) >= 11 is 0. The monoisotopic (exact) mass is 394 g/mol. The third-order valence-electron chi connectivity index (χ3n) is 5.59. The van der Waals surface area contributed by atoms with Crippen LogP contribution in [0.15, 0.2) is 23.1 Å². The van der Waals surface area contributed by atoms with Crippen LogP contribution in [0.1, 0.15) is 45.1 Å². The van der Waals surface area contributed by atoms with Crippen LogP contribution in [0.2, 0.25) is 0 Å². The lowest BCUT2D eigenvalue weighted by Crippen LogP contribution is -2.39. The van der Waals surface area contributed by atoms with Gasteiger partial charge < -0.3 is 9.64 Å². The van der Waals surface area contributed by atoms with Crippen LogP contribution in [0.25, 0.3) is 0 Å². The number of sulfonamides is 1. The van der Waals surface area contributed by atoms with E-state index < -0.39 is 16.1 Å². The molecule has 6 nitrogen and oxygen atoms in total. The number of carbonyl (C=O) groups is 1. The molecule has 1 unspecified atom stereocenters. The zero-order valence-corrected chi connectivity index (χ0v) is 17.3. The van der Waals surface area contributed by atoms with Crippen LogP contribution in [0.3, 0.4) is 0 Å². The highest BCUT2D eigenvalue weighted by Gasteiger charge is 2.34. The quantitative estimate of drug-likeness (QED) is 0.744. The summed E-state index contributed by atoms with van der Waals surface area (Å²) in [6.07, 6.45) is 3.64. The molecule has 0 N–H and O–H groups in total. The van der Waals surface area contributed by atoms with Gasteiger partial charge >= 0.3 is 0 Å². The first kappa shape index (κ1) is 20.1. The predicted molar refractivity (Wildman–Crippen MR) is 104 cm³/mol. The molecule has 150 valence electrons. The number of ether oxygens (including phenoxy) is 1. The minimum absolute atomic E-state index is 0.0472. The topological polar surface area (TPSA) is 66.9 Å². The van der Waals surface area contributed by atoms with Crippen molar-refractivity contribution in [2.45, 2.75) is 57.0 Å². The van der Waals surface area contributed by atoms with Gasteiger partial charge in [0.2, 0.25) is 10.0 Å². The second-order valence-corrected chi connectivity index (χ2v) is 9.72. The van der Waals surface area contributed by atoms with E-state index in [9.17, 15) is 13.2 Å². The Hall–Kier alpha value is -1.60. The van der Waals surface area contributed by atoms with Crippen molar-refractivity contribution >= 4 is 15.9 Å². The molecular weight excluding hydrogens is 364 g/mol. The summed E-state index contributed by atoms with van der Waals surface area (Å²) in [5.41, 5.74) is 0.795. The van der Waals surface area contributed by atoms with E-state index in [1.165, 1.54) is 0 Å². The molecule has 1 aromatic carbocycles. The first-order chi connectivity index (χ1) is 12.8. The fraction of sp³-hybridized carbons (Fsp3) is 0.650. The number of fused-ring (bicyclic) bond motifs is 1. The van der Waals surface area contributed by atoms with E-state index >= 15 is 0 Å². The molecule has 1 saturated heterocycles. The largest absolute Gasteiger partial charge is 0.480 e. The predicted octanol–water partition coefficient (Wildman–Crippen LogP) is 2.67. The van der Waals surface area contributed by atoms with Crippen molar-refractivity contribution in [1.82, 2.24) is 9.21 Å². The molecule has 1 fully saturated rings. The highest BCUT2D eigenvalue weighted by Crippen LogP contribution is 2.33. The van der Waals surface area contributed by atoms with E-state index in [0.29, 0.717) is 42.6 Å². The molecule has 0 aromatic heterocycles. The molecule has 2 aliphatic rings. The van der Waals surface area contributed by atoms with Crippen LogP contribution in [0, 0.1) is 5.92 Å². The maximum absolute atomic E-state index is 12.9. The summed E-state index contributed by atoms with van der Waals surface area (Å²) in [7, 11) is -1.70. The second-order valence-electron chi connectivity index (χ2n) is 7.78. The smallest absolute Gasteiger partial charge is 0.263 e. The number of likely N-dealkylation sites (N-methyl/N-ethyl adjacent to an activating group) is 1. The van der Waals surface area contributed by atoms with Gasteiger partial charge in [0, 0.05) is 33.1 Å². The Morgan fingerprint density at radius 3 is 2.67 bits per heavy atom. The van der Waals surface area contributed by atoms with Crippen molar-refractivity contribution in [3.8, 4) is 5.75 Å². The van der Waals surface area contributed by atoms with Crippen molar-refractivity contribution in [2.24, 2.45) is 5.92 Å². The molecule has 3 rings (SSSR count). The van der Waals surface area contributed by atoms with Gasteiger partial charge in [-0.25, -0.2) is 8.42 Å². The Balaban J connectivity index is 1.72. The Labute approximate surface area is 162 Å². The van der Waals surface area contributed by atoms with E-state index in [4.69, 9.17) is 4.74 Å². The highest BCUT2D eigenvalue weighted by molar-refractivity contribution is 7.89. The second kappa shape index (κ2) is 8.19. The third-order valence-corrected chi connectivity index (χ3v) is 7.48. The Kier molecular flexibility index (Phi) is 6.11. The van der Waals surface area contributed by atoms with Gasteiger partial charge in [-0.1, -0.05) is 20.3 Å². The minimum atomic E-state index is -3.49. The molecule has 1 amide bonds. The van der Waals surface area contributed by atoms with Crippen LogP contribution in [-0.2, 0) is 21.2 Å². The van der Waals surface area contributed by atoms with Crippen molar-refractivity contribution in [2.75, 3.05) is 26.7 Å². The van der Waals surface area contributed by atoms with Crippen molar-refractivity contribution in [3.05, 3.63) is 23.8 Å². The fourth-order valence-corrected chi connectivity index (χ4v) is 5.17. The van der Waals surface area contributed by atoms with Gasteiger partial charge in [-0.2, -0.15) is 4.31 Å². The van der Waals surface area contributed by atoms with Crippen LogP contribution in [0.4, 0.5) is 0 Å². The lowest BCUT2D eigenvalue weighted by atomic mass is 10.0. The Bertz CT molecular complexity index is 785. The molecule has 1 atom stereocenters. The van der Waals surface area contributed by atoms with Gasteiger partial charge in [-0.15, -0.1) is 0 Å². The van der Waals surface area contributed by atoms with E-state index in [2.05, 4.69) is 13.8 Å². The maximum Gasteiger partial charge on any atom is 0.263 e. The van der Waals surface area contributed by atoms with Crippen LogP contribution in [0.5, 0.6) is 5.75 Å². The van der Waals surface area contributed by atoms with Crippen LogP contribution < -0.4 is 4.74 Å². The number of hydrogen-bond donors (Lipinski definition) is 0. The van der Waals surface area contributed by atoms with E-state index in [-0.39, 0.29) is 5.91 Å². The van der Waals surface area contributed by atoms with Gasteiger partial charge in [0.1, 0.15) is 5.75 Å². The summed E-state index contributed by atoms with van der Waals surface area (Å²) in [5.74, 6) is 1.14. The van der Waals surface area contributed by atoms with Crippen molar-refractivity contribution < 1.29 is 17.9 Å². The average Bonchev–Trinajstić information content (AvgIpc) is 3.09. The van der Waals surface area contributed by atoms with Gasteiger partial charge in [-0.05, 0) is 48.9 Å². The maximum atomic E-state index is 12.9. The zero-order chi connectivity index (χ0) is 19.6. The number of hydrogen-bond acceptors (Lipinski definition) is 4. The average molecular weight is 395 g/mol. The summed E-state index contributed by atoms with van der Waals surface area (Å²) in [4.78, 5) is 14.6. The van der Waals surface area contributed by atoms with Crippen molar-refractivity contribution in [3.63, 3.8) is 0 Å². The molecule has 2 heterocycles. The number of nitrogens with zero attached hydrogens (tertiary/aromatic N) is 2. The van der Waals surface area contributed by atoms with Gasteiger partial charge in [0.25, 0.3) is 5.91 Å². The van der Waals surface area contributed by atoms with Crippen LogP contribution >= 0.6 is 0 Å². The molecule has 7 heteroatoms. The molecular formula is C20H30N2O4S. The number of rotatable bonds is 6. The summed E-state index contributed by atoms with van der Waals surface area (Å²) in [5, 5.41) is 0. The molecule has 0 bridgehead atoms. The van der Waals surface area contributed by atoms with E-state index in [0.717, 1.165) is 31.2 Å². The number of carbonyl (C=O) groups excluding carboxylic acids is 1. The molecule has 1 aromatic rings. The van der Waals surface area contributed by atoms with E-state index in [1.54, 1.807) is 34.5 Å². The van der Waals surface area contributed by atoms with Gasteiger partial charge in [-0.3, -0.25) is 4.79 Å². The van der Waals surface area contributed by atoms with Crippen molar-refractivity contribution in [1.29, 1.82) is 0 Å². The first-order valence-electron chi connectivity index (χ1n) is 9.87. The van der Waals surface area contributed by atoms with E-state index in [1.807, 2.05) is 0 Å². The number of piperidine rings is 1. The Morgan fingerprint density at radius 2 is 2.00 bits per heavy atom. The zero-order valence-electron chi connectivity index (χ0n) is 16.5. The van der Waals surface area contributed by atoms with Crippen LogP contribution in [-0.4, -0.2) is 56.3 Å². The Morgan fingerprint density at radius 1 is 1.30 bits per heavy atom. The molecule has 0 spiro atoms. The summed E-state index contributed by atoms with van der Waals surface area (Å²) < 4.78 is 33.3. The number of amides is 1. The fourth-order valence-electron chi connectivity index (χ4n) is 3.65. The molecule has 2 aliphatic heterocycles. The number of unbranched alkanes of at least 4 members (excludes halogenated alkanes) is 1. The van der Waals surface area contributed by atoms with Gasteiger partial charge in [0.05, 0.1) is 4.90 Å². The lowest BCUT2D eigenvalue weighted by molar-refractivity contribution is -0.136.